The fourth-order valence-electron chi connectivity index (χ4n) is 2.87. The van der Waals surface area contributed by atoms with E-state index in [1.807, 2.05) is 0 Å². The maximum atomic E-state index is 13.0. The van der Waals surface area contributed by atoms with Gasteiger partial charge in [0, 0.05) is 6.54 Å². The van der Waals surface area contributed by atoms with Crippen LogP contribution in [0.5, 0.6) is 0 Å². The van der Waals surface area contributed by atoms with Gasteiger partial charge >= 0.3 is 0 Å². The standard InChI is InChI=1S/C15H22FNO3S/c1-11-9-13(16)7-8-15(11)21(19,20)17-10-14(18)12-5-3-2-4-6-12/h7-9,12,14,17-18H,2-6,10H2,1H3. The van der Waals surface area contributed by atoms with E-state index >= 15 is 0 Å². The lowest BCUT2D eigenvalue weighted by Gasteiger charge is -2.26. The summed E-state index contributed by atoms with van der Waals surface area (Å²) in [6.45, 7) is 1.55. The highest BCUT2D eigenvalue weighted by Gasteiger charge is 2.24. The summed E-state index contributed by atoms with van der Waals surface area (Å²) in [5, 5.41) is 10.1. The number of hydrogen-bond acceptors (Lipinski definition) is 3. The molecule has 1 aliphatic rings. The van der Waals surface area contributed by atoms with Crippen molar-refractivity contribution in [2.75, 3.05) is 6.54 Å². The Balaban J connectivity index is 2.00. The van der Waals surface area contributed by atoms with Gasteiger partial charge in [-0.3, -0.25) is 0 Å². The molecule has 1 atom stereocenters. The van der Waals surface area contributed by atoms with Gasteiger partial charge < -0.3 is 5.11 Å². The zero-order valence-corrected chi connectivity index (χ0v) is 13.0. The van der Waals surface area contributed by atoms with Gasteiger partial charge in [0.15, 0.2) is 0 Å². The van der Waals surface area contributed by atoms with E-state index in [0.717, 1.165) is 31.7 Å². The third-order valence-corrected chi connectivity index (χ3v) is 5.69. The van der Waals surface area contributed by atoms with Gasteiger partial charge in [0.2, 0.25) is 10.0 Å². The van der Waals surface area contributed by atoms with Crippen LogP contribution >= 0.6 is 0 Å². The van der Waals surface area contributed by atoms with Gasteiger partial charge in [0.05, 0.1) is 11.0 Å². The Morgan fingerprint density at radius 2 is 2.00 bits per heavy atom. The lowest BCUT2D eigenvalue weighted by atomic mass is 9.85. The minimum absolute atomic E-state index is 0.00379. The van der Waals surface area contributed by atoms with Gasteiger partial charge in [-0.05, 0) is 49.4 Å². The normalized spacial score (nSPS) is 18.6. The Kier molecular flexibility index (Phi) is 5.35. The number of aryl methyl sites for hydroxylation is 1. The van der Waals surface area contributed by atoms with Crippen molar-refractivity contribution in [2.45, 2.75) is 50.0 Å². The number of halogens is 1. The van der Waals surface area contributed by atoms with Crippen molar-refractivity contribution in [3.63, 3.8) is 0 Å². The first-order chi connectivity index (χ1) is 9.90. The second-order valence-corrected chi connectivity index (χ2v) is 7.46. The molecule has 0 radical (unpaired) electrons. The molecule has 1 saturated carbocycles. The van der Waals surface area contributed by atoms with Crippen LogP contribution in [0.25, 0.3) is 0 Å². The van der Waals surface area contributed by atoms with Crippen molar-refractivity contribution < 1.29 is 17.9 Å². The van der Waals surface area contributed by atoms with Crippen molar-refractivity contribution in [2.24, 2.45) is 5.92 Å². The highest BCUT2D eigenvalue weighted by molar-refractivity contribution is 7.89. The number of aliphatic hydroxyl groups excluding tert-OH is 1. The van der Waals surface area contributed by atoms with Crippen LogP contribution in [-0.4, -0.2) is 26.2 Å². The average molecular weight is 315 g/mol. The summed E-state index contributed by atoms with van der Waals surface area (Å²) in [6, 6.07) is 3.56. The van der Waals surface area contributed by atoms with E-state index in [-0.39, 0.29) is 17.4 Å². The van der Waals surface area contributed by atoms with Crippen LogP contribution in [0.15, 0.2) is 23.1 Å². The number of sulfonamides is 1. The lowest BCUT2D eigenvalue weighted by Crippen LogP contribution is -2.37. The summed E-state index contributed by atoms with van der Waals surface area (Å²) in [5.74, 6) is -0.301. The Bertz CT molecular complexity index is 583. The van der Waals surface area contributed by atoms with Crippen molar-refractivity contribution in [3.8, 4) is 0 Å². The summed E-state index contributed by atoms with van der Waals surface area (Å²) in [4.78, 5) is 0.0553. The number of aliphatic hydroxyl groups is 1. The van der Waals surface area contributed by atoms with Crippen LogP contribution in [-0.2, 0) is 10.0 Å². The molecule has 0 heterocycles. The van der Waals surface area contributed by atoms with Gasteiger partial charge in [-0.25, -0.2) is 17.5 Å². The summed E-state index contributed by atoms with van der Waals surface area (Å²) in [6.07, 6.45) is 4.58. The molecule has 4 nitrogen and oxygen atoms in total. The Morgan fingerprint density at radius 3 is 2.62 bits per heavy atom. The van der Waals surface area contributed by atoms with Gasteiger partial charge in [0.25, 0.3) is 0 Å². The predicted octanol–water partition coefficient (Wildman–Crippen LogP) is 2.35. The maximum Gasteiger partial charge on any atom is 0.240 e. The van der Waals surface area contributed by atoms with Gasteiger partial charge in [-0.1, -0.05) is 19.3 Å². The monoisotopic (exact) mass is 315 g/mol. The molecule has 1 aliphatic carbocycles. The van der Waals surface area contributed by atoms with Crippen molar-refractivity contribution >= 4 is 10.0 Å². The van der Waals surface area contributed by atoms with Crippen LogP contribution in [0.2, 0.25) is 0 Å². The van der Waals surface area contributed by atoms with Gasteiger partial charge in [-0.2, -0.15) is 0 Å². The molecule has 2 rings (SSSR count). The molecule has 1 aromatic carbocycles. The molecular formula is C15H22FNO3S. The van der Waals surface area contributed by atoms with Crippen LogP contribution in [0, 0.1) is 18.7 Å². The topological polar surface area (TPSA) is 66.4 Å². The Morgan fingerprint density at radius 1 is 1.33 bits per heavy atom. The number of benzene rings is 1. The molecule has 2 N–H and O–H groups in total. The predicted molar refractivity (Wildman–Crippen MR) is 78.9 cm³/mol. The van der Waals surface area contributed by atoms with Crippen molar-refractivity contribution in [1.29, 1.82) is 0 Å². The summed E-state index contributed by atoms with van der Waals surface area (Å²) in [7, 11) is -3.72. The van der Waals surface area contributed by atoms with Crippen molar-refractivity contribution in [3.05, 3.63) is 29.6 Å². The number of hydrogen-bond donors (Lipinski definition) is 2. The van der Waals surface area contributed by atoms with Gasteiger partial charge in [-0.15, -0.1) is 0 Å². The highest BCUT2D eigenvalue weighted by Crippen LogP contribution is 2.26. The zero-order chi connectivity index (χ0) is 15.5. The Labute approximate surface area is 125 Å². The summed E-state index contributed by atoms with van der Waals surface area (Å²) < 4.78 is 39.9. The molecule has 1 unspecified atom stereocenters. The molecule has 21 heavy (non-hydrogen) atoms. The van der Waals surface area contributed by atoms with E-state index in [1.54, 1.807) is 6.92 Å². The lowest BCUT2D eigenvalue weighted by molar-refractivity contribution is 0.0888. The second kappa shape index (κ2) is 6.85. The van der Waals surface area contributed by atoms with Crippen LogP contribution in [0.4, 0.5) is 4.39 Å². The van der Waals surface area contributed by atoms with Crippen molar-refractivity contribution in [1.82, 2.24) is 4.72 Å². The minimum Gasteiger partial charge on any atom is -0.391 e. The molecule has 6 heteroatoms. The third-order valence-electron chi connectivity index (χ3n) is 4.10. The third kappa shape index (κ3) is 4.25. The van der Waals surface area contributed by atoms with E-state index < -0.39 is 21.9 Å². The molecule has 0 amide bonds. The fourth-order valence-corrected chi connectivity index (χ4v) is 4.15. The van der Waals surface area contributed by atoms with E-state index in [4.69, 9.17) is 0 Å². The largest absolute Gasteiger partial charge is 0.391 e. The molecule has 0 spiro atoms. The van der Waals surface area contributed by atoms with Crippen LogP contribution in [0.3, 0.4) is 0 Å². The molecule has 1 aromatic rings. The van der Waals surface area contributed by atoms with E-state index in [9.17, 15) is 17.9 Å². The van der Waals surface area contributed by atoms with E-state index in [1.165, 1.54) is 18.6 Å². The molecule has 0 aliphatic heterocycles. The van der Waals surface area contributed by atoms with E-state index in [2.05, 4.69) is 4.72 Å². The molecule has 0 bridgehead atoms. The van der Waals surface area contributed by atoms with Crippen LogP contribution in [0.1, 0.15) is 37.7 Å². The van der Waals surface area contributed by atoms with Gasteiger partial charge in [0.1, 0.15) is 5.82 Å². The first-order valence-corrected chi connectivity index (χ1v) is 8.82. The number of rotatable bonds is 5. The molecule has 0 aromatic heterocycles. The average Bonchev–Trinajstić information content (AvgIpc) is 2.45. The molecule has 118 valence electrons. The SMILES string of the molecule is Cc1cc(F)ccc1S(=O)(=O)NCC(O)C1CCCCC1. The van der Waals surface area contributed by atoms with E-state index in [0.29, 0.717) is 5.56 Å². The smallest absolute Gasteiger partial charge is 0.240 e. The molecular weight excluding hydrogens is 293 g/mol. The maximum absolute atomic E-state index is 13.0. The van der Waals surface area contributed by atoms with Crippen LogP contribution < -0.4 is 4.72 Å². The molecule has 1 fully saturated rings. The zero-order valence-electron chi connectivity index (χ0n) is 12.2. The quantitative estimate of drug-likeness (QED) is 0.876. The second-order valence-electron chi connectivity index (χ2n) is 5.73. The number of nitrogens with one attached hydrogen (secondary N) is 1. The minimum atomic E-state index is -3.72. The fraction of sp³-hybridized carbons (Fsp3) is 0.600. The molecule has 0 saturated heterocycles. The first kappa shape index (κ1) is 16.4. The summed E-state index contributed by atoms with van der Waals surface area (Å²) >= 11 is 0. The highest BCUT2D eigenvalue weighted by atomic mass is 32.2. The first-order valence-electron chi connectivity index (χ1n) is 7.34. The summed E-state index contributed by atoms with van der Waals surface area (Å²) in [5.41, 5.74) is 0.356. The Hall–Kier alpha value is -0.980.